The van der Waals surface area contributed by atoms with Crippen LogP contribution in [0.2, 0.25) is 0 Å². The third-order valence-electron chi connectivity index (χ3n) is 7.79. The zero-order valence-electron chi connectivity index (χ0n) is 21.9. The third kappa shape index (κ3) is 5.23. The number of hydrogen-bond acceptors (Lipinski definition) is 6. The summed E-state index contributed by atoms with van der Waals surface area (Å²) in [5.41, 5.74) is 1.87. The SMILES string of the molecule is O=C1c2ccccc2C(=O)N1CCN1CCN(CCCN2c3ccccc3Sc3ccc(C(F)(F)F)cc32)CC1. The number of para-hydroxylation sites is 1. The number of benzene rings is 3. The highest BCUT2D eigenvalue weighted by Crippen LogP contribution is 2.49. The molecule has 10 heteroatoms. The Labute approximate surface area is 235 Å². The molecule has 0 atom stereocenters. The van der Waals surface area contributed by atoms with Crippen LogP contribution in [0.5, 0.6) is 0 Å². The van der Waals surface area contributed by atoms with Gasteiger partial charge in [0.1, 0.15) is 0 Å². The fourth-order valence-corrected chi connectivity index (χ4v) is 6.70. The van der Waals surface area contributed by atoms with Gasteiger partial charge in [-0.3, -0.25) is 19.4 Å². The first-order valence-electron chi connectivity index (χ1n) is 13.5. The Bertz CT molecular complexity index is 1400. The normalized spacial score (nSPS) is 17.7. The predicted octanol–water partition coefficient (Wildman–Crippen LogP) is 5.61. The van der Waals surface area contributed by atoms with E-state index in [0.29, 0.717) is 36.4 Å². The molecule has 0 aliphatic carbocycles. The van der Waals surface area contributed by atoms with Gasteiger partial charge in [0.05, 0.1) is 28.1 Å². The molecular weight excluding hydrogens is 537 g/mol. The molecule has 1 fully saturated rings. The van der Waals surface area contributed by atoms with E-state index in [2.05, 4.69) is 9.80 Å². The predicted molar refractivity (Wildman–Crippen MR) is 148 cm³/mol. The Morgan fingerprint density at radius 3 is 1.93 bits per heavy atom. The third-order valence-corrected chi connectivity index (χ3v) is 8.92. The van der Waals surface area contributed by atoms with Crippen LogP contribution in [0.15, 0.2) is 76.5 Å². The van der Waals surface area contributed by atoms with Gasteiger partial charge in [-0.2, -0.15) is 13.2 Å². The van der Waals surface area contributed by atoms with Crippen LogP contribution in [0.25, 0.3) is 0 Å². The van der Waals surface area contributed by atoms with E-state index in [-0.39, 0.29) is 11.8 Å². The standard InChI is InChI=1S/C30H29F3N4O2S/c31-30(32,33)21-10-11-27-25(20-21)36(24-8-3-4-9-26(24)40-27)13-5-12-34-14-16-35(17-15-34)18-19-37-28(38)22-6-1-2-7-23(22)29(37)39/h1-4,6-11,20H,5,12-19H2. The number of alkyl halides is 3. The number of imide groups is 1. The number of rotatable bonds is 7. The van der Waals surface area contributed by atoms with Gasteiger partial charge in [-0.1, -0.05) is 36.0 Å². The smallest absolute Gasteiger partial charge is 0.340 e. The summed E-state index contributed by atoms with van der Waals surface area (Å²) in [4.78, 5) is 35.1. The molecule has 6 nitrogen and oxygen atoms in total. The molecule has 3 aromatic rings. The van der Waals surface area contributed by atoms with E-state index >= 15 is 0 Å². The second-order valence-electron chi connectivity index (χ2n) is 10.2. The van der Waals surface area contributed by atoms with Gasteiger partial charge in [0, 0.05) is 55.6 Å². The number of nitrogens with zero attached hydrogens (tertiary/aromatic N) is 4. The van der Waals surface area contributed by atoms with Crippen molar-refractivity contribution < 1.29 is 22.8 Å². The number of carbonyl (C=O) groups excluding carboxylic acids is 2. The molecule has 0 N–H and O–H groups in total. The van der Waals surface area contributed by atoms with Gasteiger partial charge in [-0.05, 0) is 55.4 Å². The van der Waals surface area contributed by atoms with E-state index in [9.17, 15) is 22.8 Å². The molecular formula is C30H29F3N4O2S. The summed E-state index contributed by atoms with van der Waals surface area (Å²) in [6.45, 7) is 5.87. The van der Waals surface area contributed by atoms with E-state index in [4.69, 9.17) is 0 Å². The minimum atomic E-state index is -4.39. The maximum Gasteiger partial charge on any atom is 0.416 e. The fraction of sp³-hybridized carbons (Fsp3) is 0.333. The molecule has 0 bridgehead atoms. The van der Waals surface area contributed by atoms with Crippen molar-refractivity contribution in [2.45, 2.75) is 22.4 Å². The van der Waals surface area contributed by atoms with Crippen molar-refractivity contribution in [3.8, 4) is 0 Å². The summed E-state index contributed by atoms with van der Waals surface area (Å²) in [7, 11) is 0. The summed E-state index contributed by atoms with van der Waals surface area (Å²) in [5, 5.41) is 0. The second kappa shape index (κ2) is 10.9. The molecule has 3 aliphatic rings. The Balaban J connectivity index is 1.02. The number of fused-ring (bicyclic) bond motifs is 3. The maximum atomic E-state index is 13.5. The van der Waals surface area contributed by atoms with Crippen LogP contribution in [0, 0.1) is 0 Å². The van der Waals surface area contributed by atoms with Crippen molar-refractivity contribution in [2.24, 2.45) is 0 Å². The first-order valence-corrected chi connectivity index (χ1v) is 14.3. The van der Waals surface area contributed by atoms with Crippen molar-refractivity contribution in [2.75, 3.05) is 57.3 Å². The van der Waals surface area contributed by atoms with Crippen LogP contribution >= 0.6 is 11.8 Å². The Morgan fingerprint density at radius 1 is 0.650 bits per heavy atom. The maximum absolute atomic E-state index is 13.5. The second-order valence-corrected chi connectivity index (χ2v) is 11.3. The van der Waals surface area contributed by atoms with E-state index in [1.807, 2.05) is 29.2 Å². The highest BCUT2D eigenvalue weighted by molar-refractivity contribution is 7.99. The number of carbonyl (C=O) groups is 2. The Kier molecular flexibility index (Phi) is 7.33. The zero-order chi connectivity index (χ0) is 27.9. The summed E-state index contributed by atoms with van der Waals surface area (Å²) in [5.74, 6) is -0.443. The molecule has 3 heterocycles. The summed E-state index contributed by atoms with van der Waals surface area (Å²) in [6.07, 6.45) is -3.58. The monoisotopic (exact) mass is 566 g/mol. The topological polar surface area (TPSA) is 47.1 Å². The largest absolute Gasteiger partial charge is 0.416 e. The van der Waals surface area contributed by atoms with E-state index in [1.54, 1.807) is 30.3 Å². The number of anilines is 2. The van der Waals surface area contributed by atoms with Crippen molar-refractivity contribution in [1.29, 1.82) is 0 Å². The number of hydrogen-bond donors (Lipinski definition) is 0. The van der Waals surface area contributed by atoms with Crippen LogP contribution in [-0.4, -0.2) is 78.9 Å². The molecule has 40 heavy (non-hydrogen) atoms. The van der Waals surface area contributed by atoms with Crippen LogP contribution in [0.4, 0.5) is 24.5 Å². The fourth-order valence-electron chi connectivity index (χ4n) is 5.62. The molecule has 1 saturated heterocycles. The minimum absolute atomic E-state index is 0.221. The summed E-state index contributed by atoms with van der Waals surface area (Å²) in [6, 6.07) is 18.8. The molecule has 0 saturated carbocycles. The van der Waals surface area contributed by atoms with Gasteiger partial charge in [0.2, 0.25) is 0 Å². The average Bonchev–Trinajstić information content (AvgIpc) is 3.20. The quantitative estimate of drug-likeness (QED) is 0.347. The van der Waals surface area contributed by atoms with E-state index < -0.39 is 11.7 Å². The van der Waals surface area contributed by atoms with Gasteiger partial charge < -0.3 is 9.80 Å². The molecule has 0 radical (unpaired) electrons. The molecule has 3 aromatic carbocycles. The van der Waals surface area contributed by atoms with E-state index in [0.717, 1.165) is 60.7 Å². The molecule has 0 spiro atoms. The lowest BCUT2D eigenvalue weighted by Crippen LogP contribution is -2.49. The van der Waals surface area contributed by atoms with Crippen LogP contribution in [0.3, 0.4) is 0 Å². The van der Waals surface area contributed by atoms with Crippen LogP contribution < -0.4 is 4.90 Å². The Hall–Kier alpha value is -3.34. The van der Waals surface area contributed by atoms with Crippen molar-refractivity contribution >= 4 is 35.0 Å². The first kappa shape index (κ1) is 26.9. The first-order chi connectivity index (χ1) is 19.3. The lowest BCUT2D eigenvalue weighted by atomic mass is 10.1. The lowest BCUT2D eigenvalue weighted by Gasteiger charge is -2.36. The number of halogens is 3. The van der Waals surface area contributed by atoms with Gasteiger partial charge in [0.15, 0.2) is 0 Å². The van der Waals surface area contributed by atoms with E-state index in [1.165, 1.54) is 22.7 Å². The minimum Gasteiger partial charge on any atom is -0.340 e. The molecule has 208 valence electrons. The zero-order valence-corrected chi connectivity index (χ0v) is 22.7. The van der Waals surface area contributed by atoms with Crippen molar-refractivity contribution in [3.63, 3.8) is 0 Å². The van der Waals surface area contributed by atoms with Gasteiger partial charge in [-0.25, -0.2) is 0 Å². The molecule has 6 rings (SSSR count). The number of amides is 2. The van der Waals surface area contributed by atoms with Crippen LogP contribution in [0.1, 0.15) is 32.7 Å². The van der Waals surface area contributed by atoms with Gasteiger partial charge in [0.25, 0.3) is 11.8 Å². The summed E-state index contributed by atoms with van der Waals surface area (Å²) < 4.78 is 40.4. The molecule has 0 unspecified atom stereocenters. The van der Waals surface area contributed by atoms with Gasteiger partial charge >= 0.3 is 6.18 Å². The Morgan fingerprint density at radius 2 is 1.25 bits per heavy atom. The van der Waals surface area contributed by atoms with Crippen molar-refractivity contribution in [3.05, 3.63) is 83.4 Å². The van der Waals surface area contributed by atoms with Gasteiger partial charge in [-0.15, -0.1) is 0 Å². The van der Waals surface area contributed by atoms with Crippen LogP contribution in [-0.2, 0) is 6.18 Å². The number of piperazine rings is 1. The highest BCUT2D eigenvalue weighted by atomic mass is 32.2. The highest BCUT2D eigenvalue weighted by Gasteiger charge is 2.35. The average molecular weight is 567 g/mol. The molecule has 0 aromatic heterocycles. The lowest BCUT2D eigenvalue weighted by molar-refractivity contribution is -0.137. The van der Waals surface area contributed by atoms with Crippen molar-refractivity contribution in [1.82, 2.24) is 14.7 Å². The molecule has 2 amide bonds. The summed E-state index contributed by atoms with van der Waals surface area (Å²) >= 11 is 1.51. The molecule has 3 aliphatic heterocycles.